The third kappa shape index (κ3) is 8.65. The molecule has 12 heteroatoms. The predicted octanol–water partition coefficient (Wildman–Crippen LogP) is 6.59. The molecule has 6 rings (SSSR count). The molecule has 2 aliphatic rings. The van der Waals surface area contributed by atoms with E-state index in [9.17, 15) is 19.5 Å². The van der Waals surface area contributed by atoms with Gasteiger partial charge in [0.25, 0.3) is 8.32 Å². The summed E-state index contributed by atoms with van der Waals surface area (Å²) >= 11 is 0. The van der Waals surface area contributed by atoms with Gasteiger partial charge in [-0.2, -0.15) is 0 Å². The second-order valence-corrected chi connectivity index (χ2v) is 19.6. The minimum atomic E-state index is -2.85. The molecule has 0 saturated carbocycles. The highest BCUT2D eigenvalue weighted by atomic mass is 28.4. The number of benzene rings is 4. The molecule has 0 aliphatic carbocycles. The number of nitrogens with one attached hydrogen (secondary N) is 1. The normalized spacial score (nSPS) is 17.5. The van der Waals surface area contributed by atoms with Gasteiger partial charge in [0.2, 0.25) is 5.91 Å². The first-order valence-corrected chi connectivity index (χ1v) is 20.6. The van der Waals surface area contributed by atoms with Gasteiger partial charge in [-0.1, -0.05) is 87.5 Å². The van der Waals surface area contributed by atoms with Gasteiger partial charge in [-0.25, -0.2) is 9.59 Å². The van der Waals surface area contributed by atoms with E-state index in [1.54, 1.807) is 18.2 Å². The smallest absolute Gasteiger partial charge is 0.407 e. The van der Waals surface area contributed by atoms with E-state index >= 15 is 0 Å². The summed E-state index contributed by atoms with van der Waals surface area (Å²) < 4.78 is 31.3. The summed E-state index contributed by atoms with van der Waals surface area (Å²) in [6, 6.07) is 29.2. The number of hydrogen-bond donors (Lipinski definition) is 2. The lowest BCUT2D eigenvalue weighted by Gasteiger charge is -2.43. The topological polar surface area (TPSA) is 133 Å². The first-order chi connectivity index (χ1) is 26.3. The Morgan fingerprint density at radius 1 is 0.945 bits per heavy atom. The van der Waals surface area contributed by atoms with E-state index < -0.39 is 38.6 Å². The molecular weight excluding hydrogens is 717 g/mol. The molecule has 0 aromatic heterocycles. The fraction of sp³-hybridized carbons (Fsp3) is 0.372. The van der Waals surface area contributed by atoms with Crippen molar-refractivity contribution in [3.8, 4) is 17.2 Å². The molecule has 4 aromatic carbocycles. The van der Waals surface area contributed by atoms with Crippen LogP contribution in [0, 0.1) is 6.92 Å². The Morgan fingerprint density at radius 2 is 1.60 bits per heavy atom. The molecule has 11 nitrogen and oxygen atoms in total. The van der Waals surface area contributed by atoms with Crippen LogP contribution in [0.25, 0.3) is 0 Å². The van der Waals surface area contributed by atoms with Crippen LogP contribution < -0.4 is 29.9 Å². The zero-order chi connectivity index (χ0) is 39.3. The first kappa shape index (κ1) is 39.4. The lowest BCUT2D eigenvalue weighted by Crippen LogP contribution is -2.67. The number of aryl methyl sites for hydroxylation is 2. The minimum Gasteiger partial charge on any atom is -0.490 e. The number of nitrogens with zero attached hydrogens (tertiary/aromatic N) is 1. The molecule has 2 aliphatic heterocycles. The molecular formula is C43H50N2O9Si. The average Bonchev–Trinajstić information content (AvgIpc) is 3.56. The fourth-order valence-corrected chi connectivity index (χ4v) is 12.3. The Kier molecular flexibility index (Phi) is 11.9. The quantitative estimate of drug-likeness (QED) is 0.114. The second kappa shape index (κ2) is 16.6. The maximum atomic E-state index is 13.4. The van der Waals surface area contributed by atoms with Crippen LogP contribution in [0.4, 0.5) is 10.5 Å². The SMILES string of the molecule is COC(=O)c1c(OC[C@H]2C[C@H](Oc3ccc4c(c3)NC(=O)CC4)CN2C(=O)O)cc(C)cc1O[C@@H](C)CO[Si](c1ccccc1)(c1ccccc1)C(C)(C)C. The summed E-state index contributed by atoms with van der Waals surface area (Å²) in [6.07, 6.45) is -0.580. The summed E-state index contributed by atoms with van der Waals surface area (Å²) in [4.78, 5) is 38.9. The largest absolute Gasteiger partial charge is 0.490 e. The van der Waals surface area contributed by atoms with Crippen LogP contribution >= 0.6 is 0 Å². The van der Waals surface area contributed by atoms with Crippen molar-refractivity contribution >= 4 is 42.3 Å². The second-order valence-electron chi connectivity index (χ2n) is 15.3. The molecule has 0 unspecified atom stereocenters. The van der Waals surface area contributed by atoms with Crippen molar-refractivity contribution in [3.05, 3.63) is 108 Å². The molecule has 55 heavy (non-hydrogen) atoms. The Hall–Kier alpha value is -5.33. The van der Waals surface area contributed by atoms with Crippen molar-refractivity contribution in [3.63, 3.8) is 0 Å². The van der Waals surface area contributed by atoms with Gasteiger partial charge in [-0.3, -0.25) is 9.69 Å². The number of methoxy groups -OCH3 is 1. The van der Waals surface area contributed by atoms with Gasteiger partial charge >= 0.3 is 12.1 Å². The van der Waals surface area contributed by atoms with Crippen LogP contribution in [-0.2, 0) is 20.4 Å². The number of rotatable bonds is 13. The Bertz CT molecular complexity index is 1960. The number of anilines is 1. The zero-order valence-electron chi connectivity index (χ0n) is 32.3. The molecule has 2 N–H and O–H groups in total. The summed E-state index contributed by atoms with van der Waals surface area (Å²) in [7, 11) is -1.56. The number of likely N-dealkylation sites (tertiary alicyclic amines) is 1. The number of fused-ring (bicyclic) bond motifs is 1. The van der Waals surface area contributed by atoms with Gasteiger partial charge in [0.1, 0.15) is 41.6 Å². The number of hydrogen-bond acceptors (Lipinski definition) is 8. The van der Waals surface area contributed by atoms with Crippen molar-refractivity contribution in [2.45, 2.75) is 77.2 Å². The van der Waals surface area contributed by atoms with Crippen molar-refractivity contribution in [1.82, 2.24) is 4.90 Å². The Morgan fingerprint density at radius 3 is 2.22 bits per heavy atom. The first-order valence-electron chi connectivity index (χ1n) is 18.7. The molecule has 290 valence electrons. The molecule has 2 amide bonds. The van der Waals surface area contributed by atoms with E-state index in [0.29, 0.717) is 30.7 Å². The molecule has 4 aromatic rings. The lowest BCUT2D eigenvalue weighted by atomic mass is 10.0. The summed E-state index contributed by atoms with van der Waals surface area (Å²) in [5, 5.41) is 15.0. The fourth-order valence-electron chi connectivity index (χ4n) is 7.64. The van der Waals surface area contributed by atoms with Crippen LogP contribution in [0.2, 0.25) is 5.04 Å². The van der Waals surface area contributed by atoms with Crippen molar-refractivity contribution < 1.29 is 42.9 Å². The number of carbonyl (C=O) groups excluding carboxylic acids is 2. The summed E-state index contributed by atoms with van der Waals surface area (Å²) in [6.45, 7) is 10.7. The molecule has 1 saturated heterocycles. The van der Waals surface area contributed by atoms with Crippen LogP contribution in [0.15, 0.2) is 91.0 Å². The van der Waals surface area contributed by atoms with Gasteiger partial charge in [0, 0.05) is 24.6 Å². The van der Waals surface area contributed by atoms with Gasteiger partial charge < -0.3 is 33.8 Å². The molecule has 2 heterocycles. The minimum absolute atomic E-state index is 0.0359. The maximum Gasteiger partial charge on any atom is 0.407 e. The summed E-state index contributed by atoms with van der Waals surface area (Å²) in [5.41, 5.74) is 2.62. The van der Waals surface area contributed by atoms with E-state index in [1.165, 1.54) is 12.0 Å². The Labute approximate surface area is 323 Å². The third-order valence-corrected chi connectivity index (χ3v) is 15.2. The van der Waals surface area contributed by atoms with Crippen molar-refractivity contribution in [1.29, 1.82) is 0 Å². The monoisotopic (exact) mass is 766 g/mol. The third-order valence-electron chi connectivity index (χ3n) is 10.2. The number of esters is 1. The summed E-state index contributed by atoms with van der Waals surface area (Å²) in [5.74, 6) is 0.352. The van der Waals surface area contributed by atoms with Crippen molar-refractivity contribution in [2.24, 2.45) is 0 Å². The van der Waals surface area contributed by atoms with Crippen LogP contribution in [0.1, 0.15) is 62.0 Å². The number of carbonyl (C=O) groups is 3. The molecule has 1 fully saturated rings. The number of amides is 2. The van der Waals surface area contributed by atoms with E-state index in [-0.39, 0.29) is 47.8 Å². The number of ether oxygens (including phenoxy) is 4. The highest BCUT2D eigenvalue weighted by Crippen LogP contribution is 2.38. The van der Waals surface area contributed by atoms with Gasteiger partial charge in [0.15, 0.2) is 0 Å². The van der Waals surface area contributed by atoms with Gasteiger partial charge in [0.05, 0.1) is 26.3 Å². The number of carboxylic acid groups (broad SMARTS) is 1. The maximum absolute atomic E-state index is 13.4. The highest BCUT2D eigenvalue weighted by molar-refractivity contribution is 6.99. The standard InChI is InChI=1S/C43H50N2O9Si/c1-28-21-37(51-27-31-23-33(25-45(31)42(48)49)54-32-19-17-30-18-20-39(46)44-36(30)24-32)40(41(47)50-6)38(22-28)53-29(2)26-52-55(43(3,4)5,34-13-9-7-10-14-34)35-15-11-8-12-16-35/h7-17,19,21-22,24,29,31,33H,18,20,23,25-27H2,1-6H3,(H,44,46)(H,48,49)/t29-,31+,33-/m0/s1. The van der Waals surface area contributed by atoms with E-state index in [0.717, 1.165) is 21.5 Å². The van der Waals surface area contributed by atoms with Crippen LogP contribution in [0.5, 0.6) is 17.2 Å². The van der Waals surface area contributed by atoms with E-state index in [4.69, 9.17) is 23.4 Å². The molecule has 0 bridgehead atoms. The highest BCUT2D eigenvalue weighted by Gasteiger charge is 2.50. The van der Waals surface area contributed by atoms with Crippen LogP contribution in [-0.4, -0.2) is 81.4 Å². The van der Waals surface area contributed by atoms with Crippen molar-refractivity contribution in [2.75, 3.05) is 32.2 Å². The zero-order valence-corrected chi connectivity index (χ0v) is 33.3. The molecule has 3 atom stereocenters. The van der Waals surface area contributed by atoms with Gasteiger partial charge in [-0.05, 0) is 65.0 Å². The van der Waals surface area contributed by atoms with E-state index in [2.05, 4.69) is 50.4 Å². The van der Waals surface area contributed by atoms with E-state index in [1.807, 2.05) is 62.4 Å². The molecule has 0 radical (unpaired) electrons. The predicted molar refractivity (Wildman–Crippen MR) is 213 cm³/mol. The lowest BCUT2D eigenvalue weighted by molar-refractivity contribution is -0.116. The average molecular weight is 767 g/mol. The van der Waals surface area contributed by atoms with Crippen LogP contribution in [0.3, 0.4) is 0 Å². The molecule has 0 spiro atoms. The Balaban J connectivity index is 1.20. The van der Waals surface area contributed by atoms with Gasteiger partial charge in [-0.15, -0.1) is 0 Å².